The Kier molecular flexibility index (Phi) is 7.02. The molecule has 0 aromatic heterocycles. The molecule has 0 spiro atoms. The van der Waals surface area contributed by atoms with Crippen molar-refractivity contribution >= 4 is 0 Å². The van der Waals surface area contributed by atoms with Gasteiger partial charge in [0, 0.05) is 6.04 Å². The van der Waals surface area contributed by atoms with Crippen LogP contribution in [-0.4, -0.2) is 12.6 Å². The van der Waals surface area contributed by atoms with Crippen LogP contribution in [0.15, 0.2) is 35.9 Å². The van der Waals surface area contributed by atoms with Gasteiger partial charge in [0.05, 0.1) is 0 Å². The number of aryl methyl sites for hydroxylation is 2. The fourth-order valence-corrected chi connectivity index (χ4v) is 3.27. The monoisotopic (exact) mass is 285 g/mol. The summed E-state index contributed by atoms with van der Waals surface area (Å²) in [5.41, 5.74) is 4.53. The van der Waals surface area contributed by atoms with E-state index in [-0.39, 0.29) is 0 Å². The van der Waals surface area contributed by atoms with Crippen molar-refractivity contribution in [1.82, 2.24) is 5.32 Å². The van der Waals surface area contributed by atoms with Gasteiger partial charge < -0.3 is 5.32 Å². The van der Waals surface area contributed by atoms with Crippen LogP contribution in [-0.2, 0) is 6.42 Å². The highest BCUT2D eigenvalue weighted by Crippen LogP contribution is 2.22. The van der Waals surface area contributed by atoms with E-state index in [4.69, 9.17) is 0 Å². The Bertz CT molecular complexity index is 447. The van der Waals surface area contributed by atoms with Gasteiger partial charge in [-0.1, -0.05) is 54.8 Å². The van der Waals surface area contributed by atoms with E-state index in [1.54, 1.807) is 5.57 Å². The molecule has 1 aromatic carbocycles. The Hall–Kier alpha value is -1.08. The van der Waals surface area contributed by atoms with Crippen LogP contribution < -0.4 is 5.32 Å². The standard InChI is InChI=1S/C20H31N/c1-3-15-21-20(19-11-6-4-5-7-12-19)14-13-18-10-8-9-17(2)16-18/h8-11,16,20-21H,3-7,12-15H2,1-2H3. The molecule has 1 atom stereocenters. The largest absolute Gasteiger partial charge is 0.310 e. The van der Waals surface area contributed by atoms with Gasteiger partial charge in [-0.25, -0.2) is 0 Å². The Labute approximate surface area is 130 Å². The van der Waals surface area contributed by atoms with E-state index >= 15 is 0 Å². The van der Waals surface area contributed by atoms with Gasteiger partial charge in [0.1, 0.15) is 0 Å². The average Bonchev–Trinajstić information content (AvgIpc) is 2.77. The second kappa shape index (κ2) is 9.04. The predicted molar refractivity (Wildman–Crippen MR) is 92.7 cm³/mol. The highest BCUT2D eigenvalue weighted by molar-refractivity contribution is 5.23. The summed E-state index contributed by atoms with van der Waals surface area (Å²) in [6, 6.07) is 9.56. The highest BCUT2D eigenvalue weighted by atomic mass is 14.9. The van der Waals surface area contributed by atoms with Gasteiger partial charge in [0.25, 0.3) is 0 Å². The molecule has 0 saturated carbocycles. The van der Waals surface area contributed by atoms with Gasteiger partial charge >= 0.3 is 0 Å². The van der Waals surface area contributed by atoms with Crippen LogP contribution in [0.3, 0.4) is 0 Å². The Morgan fingerprint density at radius 2 is 2.10 bits per heavy atom. The van der Waals surface area contributed by atoms with Gasteiger partial charge in [-0.2, -0.15) is 0 Å². The number of allylic oxidation sites excluding steroid dienone is 1. The van der Waals surface area contributed by atoms with Crippen LogP contribution in [0.4, 0.5) is 0 Å². The van der Waals surface area contributed by atoms with Crippen molar-refractivity contribution < 1.29 is 0 Å². The second-order valence-corrected chi connectivity index (χ2v) is 6.41. The highest BCUT2D eigenvalue weighted by Gasteiger charge is 2.15. The molecule has 1 nitrogen and oxygen atoms in total. The fourth-order valence-electron chi connectivity index (χ4n) is 3.27. The van der Waals surface area contributed by atoms with Crippen LogP contribution in [0.25, 0.3) is 0 Å². The number of hydrogen-bond acceptors (Lipinski definition) is 1. The summed E-state index contributed by atoms with van der Waals surface area (Å²) in [5.74, 6) is 0. The lowest BCUT2D eigenvalue weighted by atomic mass is 9.95. The quantitative estimate of drug-likeness (QED) is 0.680. The van der Waals surface area contributed by atoms with E-state index in [9.17, 15) is 0 Å². The zero-order valence-corrected chi connectivity index (χ0v) is 13.8. The maximum atomic E-state index is 3.78. The molecule has 0 aliphatic heterocycles. The third-order valence-corrected chi connectivity index (χ3v) is 4.47. The van der Waals surface area contributed by atoms with Gasteiger partial charge in [0.15, 0.2) is 0 Å². The van der Waals surface area contributed by atoms with Gasteiger partial charge in [0.2, 0.25) is 0 Å². The van der Waals surface area contributed by atoms with Crippen LogP contribution in [0.1, 0.15) is 63.0 Å². The van der Waals surface area contributed by atoms with Crippen molar-refractivity contribution in [2.45, 2.75) is 71.3 Å². The Morgan fingerprint density at radius 3 is 2.90 bits per heavy atom. The molecular formula is C20H31N. The Morgan fingerprint density at radius 1 is 1.19 bits per heavy atom. The molecule has 1 aliphatic rings. The van der Waals surface area contributed by atoms with E-state index in [1.165, 1.54) is 62.5 Å². The minimum atomic E-state index is 0.587. The first-order chi connectivity index (χ1) is 10.3. The van der Waals surface area contributed by atoms with E-state index < -0.39 is 0 Å². The minimum Gasteiger partial charge on any atom is -0.310 e. The number of rotatable bonds is 7. The summed E-state index contributed by atoms with van der Waals surface area (Å²) in [6.07, 6.45) is 12.9. The fraction of sp³-hybridized carbons (Fsp3) is 0.600. The second-order valence-electron chi connectivity index (χ2n) is 6.41. The van der Waals surface area contributed by atoms with Crippen LogP contribution in [0.2, 0.25) is 0 Å². The van der Waals surface area contributed by atoms with Crippen molar-refractivity contribution in [2.75, 3.05) is 6.54 Å². The third kappa shape index (κ3) is 5.67. The SMILES string of the molecule is CCCNC(CCc1cccc(C)c1)C1=CCCCCC1. The van der Waals surface area contributed by atoms with Crippen molar-refractivity contribution in [3.8, 4) is 0 Å². The molecule has 1 aliphatic carbocycles. The summed E-state index contributed by atoms with van der Waals surface area (Å²) in [5, 5.41) is 3.78. The van der Waals surface area contributed by atoms with Crippen LogP contribution in [0.5, 0.6) is 0 Å². The summed E-state index contributed by atoms with van der Waals surface area (Å²) in [6.45, 7) is 5.58. The van der Waals surface area contributed by atoms with E-state index in [0.717, 1.165) is 6.54 Å². The zero-order valence-electron chi connectivity index (χ0n) is 13.8. The van der Waals surface area contributed by atoms with Crippen molar-refractivity contribution in [1.29, 1.82) is 0 Å². The molecule has 0 radical (unpaired) electrons. The first-order valence-corrected chi connectivity index (χ1v) is 8.77. The normalized spacial score (nSPS) is 17.1. The first kappa shape index (κ1) is 16.3. The summed E-state index contributed by atoms with van der Waals surface area (Å²) in [4.78, 5) is 0. The molecule has 2 rings (SSSR count). The summed E-state index contributed by atoms with van der Waals surface area (Å²) < 4.78 is 0. The lowest BCUT2D eigenvalue weighted by Crippen LogP contribution is -2.32. The van der Waals surface area contributed by atoms with Crippen molar-refractivity contribution in [3.05, 3.63) is 47.0 Å². The molecule has 116 valence electrons. The predicted octanol–water partition coefficient (Wildman–Crippen LogP) is 5.19. The molecule has 1 aromatic rings. The maximum absolute atomic E-state index is 3.78. The van der Waals surface area contributed by atoms with E-state index in [1.807, 2.05) is 0 Å². The van der Waals surface area contributed by atoms with Gasteiger partial charge in [-0.3, -0.25) is 0 Å². The molecule has 0 heterocycles. The van der Waals surface area contributed by atoms with Crippen LogP contribution in [0, 0.1) is 6.92 Å². The number of nitrogens with one attached hydrogen (secondary N) is 1. The van der Waals surface area contributed by atoms with E-state index in [2.05, 4.69) is 49.5 Å². The zero-order chi connectivity index (χ0) is 14.9. The molecular weight excluding hydrogens is 254 g/mol. The summed E-state index contributed by atoms with van der Waals surface area (Å²) in [7, 11) is 0. The smallest absolute Gasteiger partial charge is 0.0282 e. The molecule has 0 amide bonds. The molecule has 0 saturated heterocycles. The number of benzene rings is 1. The summed E-state index contributed by atoms with van der Waals surface area (Å²) >= 11 is 0. The lowest BCUT2D eigenvalue weighted by molar-refractivity contribution is 0.515. The topological polar surface area (TPSA) is 12.0 Å². The molecule has 0 bridgehead atoms. The molecule has 21 heavy (non-hydrogen) atoms. The number of hydrogen-bond donors (Lipinski definition) is 1. The minimum absolute atomic E-state index is 0.587. The van der Waals surface area contributed by atoms with Crippen LogP contribution >= 0.6 is 0 Å². The van der Waals surface area contributed by atoms with Crippen molar-refractivity contribution in [3.63, 3.8) is 0 Å². The molecule has 1 N–H and O–H groups in total. The van der Waals surface area contributed by atoms with E-state index in [0.29, 0.717) is 6.04 Å². The van der Waals surface area contributed by atoms with Crippen molar-refractivity contribution in [2.24, 2.45) is 0 Å². The van der Waals surface area contributed by atoms with Gasteiger partial charge in [-0.15, -0.1) is 0 Å². The lowest BCUT2D eigenvalue weighted by Gasteiger charge is -2.22. The molecule has 1 unspecified atom stereocenters. The third-order valence-electron chi connectivity index (χ3n) is 4.47. The Balaban J connectivity index is 1.96. The molecule has 0 fully saturated rings. The average molecular weight is 285 g/mol. The van der Waals surface area contributed by atoms with Gasteiger partial charge in [-0.05, 0) is 64.0 Å². The first-order valence-electron chi connectivity index (χ1n) is 8.77. The molecule has 1 heteroatoms. The maximum Gasteiger partial charge on any atom is 0.0282 e.